The normalized spacial score (nSPS) is 10.4. The average molecular weight is 256 g/mol. The number of esters is 1. The lowest BCUT2D eigenvalue weighted by molar-refractivity contribution is 0.0594. The number of furan rings is 1. The Morgan fingerprint density at radius 1 is 1.57 bits per heavy atom. The molecule has 2 aromatic rings. The molecule has 4 nitrogen and oxygen atoms in total. The molecule has 72 valence electrons. The second-order valence-electron chi connectivity index (χ2n) is 2.62. The summed E-state index contributed by atoms with van der Waals surface area (Å²) in [6, 6.07) is 3.34. The van der Waals surface area contributed by atoms with E-state index in [1.54, 1.807) is 12.1 Å². The number of methoxy groups -OCH3 is 1. The molecule has 5 heteroatoms. The van der Waals surface area contributed by atoms with Gasteiger partial charge in [-0.2, -0.15) is 0 Å². The molecule has 0 radical (unpaired) electrons. The highest BCUT2D eigenvalue weighted by molar-refractivity contribution is 9.10. The Balaban J connectivity index is 2.57. The number of hydrogen-bond donors (Lipinski definition) is 0. The van der Waals surface area contributed by atoms with E-state index in [2.05, 4.69) is 25.7 Å². The van der Waals surface area contributed by atoms with Gasteiger partial charge in [-0.25, -0.2) is 9.78 Å². The average Bonchev–Trinajstić information content (AvgIpc) is 2.59. The number of halogens is 1. The number of carbonyl (C=O) groups is 1. The van der Waals surface area contributed by atoms with Crippen LogP contribution in [0.15, 0.2) is 27.3 Å². The van der Waals surface area contributed by atoms with Crippen LogP contribution in [0, 0.1) is 0 Å². The number of pyridine rings is 1. The Kier molecular flexibility index (Phi) is 2.25. The number of nitrogens with zero attached hydrogens (tertiary/aromatic N) is 1. The molecule has 2 heterocycles. The van der Waals surface area contributed by atoms with E-state index in [1.165, 1.54) is 13.4 Å². The summed E-state index contributed by atoms with van der Waals surface area (Å²) >= 11 is 3.30. The van der Waals surface area contributed by atoms with Crippen molar-refractivity contribution in [1.82, 2.24) is 4.98 Å². The molecule has 0 unspecified atom stereocenters. The van der Waals surface area contributed by atoms with Crippen LogP contribution in [-0.4, -0.2) is 18.1 Å². The minimum absolute atomic E-state index is 0.238. The smallest absolute Gasteiger partial charge is 0.356 e. The molecule has 0 amide bonds. The summed E-state index contributed by atoms with van der Waals surface area (Å²) in [4.78, 5) is 15.1. The van der Waals surface area contributed by atoms with Crippen molar-refractivity contribution in [2.75, 3.05) is 7.11 Å². The fraction of sp³-hybridized carbons (Fsp3) is 0.111. The fourth-order valence-corrected chi connectivity index (χ4v) is 1.50. The molecule has 0 aliphatic heterocycles. The topological polar surface area (TPSA) is 52.3 Å². The lowest BCUT2D eigenvalue weighted by Gasteiger charge is -1.96. The second-order valence-corrected chi connectivity index (χ2v) is 3.48. The van der Waals surface area contributed by atoms with E-state index in [9.17, 15) is 4.79 Å². The molecule has 0 aliphatic carbocycles. The van der Waals surface area contributed by atoms with Gasteiger partial charge in [0.15, 0.2) is 5.69 Å². The highest BCUT2D eigenvalue weighted by Crippen LogP contribution is 2.24. The molecule has 0 spiro atoms. The van der Waals surface area contributed by atoms with Crippen LogP contribution in [0.3, 0.4) is 0 Å². The number of aromatic nitrogens is 1. The number of carbonyl (C=O) groups excluding carboxylic acids is 1. The largest absolute Gasteiger partial charge is 0.464 e. The fourth-order valence-electron chi connectivity index (χ4n) is 1.10. The zero-order valence-electron chi connectivity index (χ0n) is 7.28. The maximum Gasteiger partial charge on any atom is 0.356 e. The van der Waals surface area contributed by atoms with Crippen LogP contribution in [0.2, 0.25) is 0 Å². The summed E-state index contributed by atoms with van der Waals surface area (Å²) in [5.41, 5.74) is 0.654. The molecule has 14 heavy (non-hydrogen) atoms. The van der Waals surface area contributed by atoms with E-state index in [1.807, 2.05) is 0 Å². The summed E-state index contributed by atoms with van der Waals surface area (Å²) in [6.07, 6.45) is 1.53. The van der Waals surface area contributed by atoms with Crippen molar-refractivity contribution in [3.8, 4) is 0 Å². The SMILES string of the molecule is COC(=O)c1ccc2c(Br)coc2n1. The Morgan fingerprint density at radius 2 is 2.36 bits per heavy atom. The van der Waals surface area contributed by atoms with Gasteiger partial charge in [-0.1, -0.05) is 0 Å². The standard InChI is InChI=1S/C9H6BrNO3/c1-13-9(12)7-3-2-5-6(10)4-14-8(5)11-7/h2-4H,1H3. The molecule has 2 aromatic heterocycles. The quantitative estimate of drug-likeness (QED) is 0.735. The van der Waals surface area contributed by atoms with Gasteiger partial charge in [0.05, 0.1) is 17.0 Å². The summed E-state index contributed by atoms with van der Waals surface area (Å²) < 4.78 is 10.5. The Morgan fingerprint density at radius 3 is 3.07 bits per heavy atom. The molecular weight excluding hydrogens is 250 g/mol. The van der Waals surface area contributed by atoms with Crippen LogP contribution in [0.4, 0.5) is 0 Å². The van der Waals surface area contributed by atoms with E-state index in [-0.39, 0.29) is 5.69 Å². The van der Waals surface area contributed by atoms with Crippen molar-refractivity contribution in [3.05, 3.63) is 28.6 Å². The van der Waals surface area contributed by atoms with Crippen LogP contribution in [0.25, 0.3) is 11.1 Å². The lowest BCUT2D eigenvalue weighted by Crippen LogP contribution is -2.03. The number of rotatable bonds is 1. The van der Waals surface area contributed by atoms with Gasteiger partial charge in [-0.05, 0) is 28.1 Å². The first-order valence-corrected chi connectivity index (χ1v) is 4.63. The Bertz CT molecular complexity index is 492. The van der Waals surface area contributed by atoms with Crippen molar-refractivity contribution in [2.45, 2.75) is 0 Å². The Labute approximate surface area is 88.0 Å². The minimum Gasteiger partial charge on any atom is -0.464 e. The molecule has 0 atom stereocenters. The van der Waals surface area contributed by atoms with Gasteiger partial charge in [0, 0.05) is 0 Å². The van der Waals surface area contributed by atoms with Gasteiger partial charge < -0.3 is 9.15 Å². The third-order valence-corrected chi connectivity index (χ3v) is 2.40. The van der Waals surface area contributed by atoms with Crippen LogP contribution in [0.1, 0.15) is 10.5 Å². The third-order valence-electron chi connectivity index (χ3n) is 1.79. The first kappa shape index (κ1) is 9.21. The van der Waals surface area contributed by atoms with Gasteiger partial charge in [0.1, 0.15) is 6.26 Å². The van der Waals surface area contributed by atoms with E-state index in [4.69, 9.17) is 4.42 Å². The highest BCUT2D eigenvalue weighted by atomic mass is 79.9. The van der Waals surface area contributed by atoms with Crippen molar-refractivity contribution in [3.63, 3.8) is 0 Å². The lowest BCUT2D eigenvalue weighted by atomic mass is 10.3. The monoisotopic (exact) mass is 255 g/mol. The van der Waals surface area contributed by atoms with Crippen molar-refractivity contribution < 1.29 is 13.9 Å². The van der Waals surface area contributed by atoms with Gasteiger partial charge in [-0.15, -0.1) is 0 Å². The Hall–Kier alpha value is -1.36. The molecular formula is C9H6BrNO3. The molecule has 2 rings (SSSR count). The zero-order chi connectivity index (χ0) is 10.1. The van der Waals surface area contributed by atoms with Crippen LogP contribution >= 0.6 is 15.9 Å². The minimum atomic E-state index is -0.473. The molecule has 0 aliphatic rings. The highest BCUT2D eigenvalue weighted by Gasteiger charge is 2.10. The third kappa shape index (κ3) is 1.39. The number of ether oxygens (including phenoxy) is 1. The van der Waals surface area contributed by atoms with Crippen molar-refractivity contribution in [1.29, 1.82) is 0 Å². The molecule has 0 saturated carbocycles. The van der Waals surface area contributed by atoms with Crippen molar-refractivity contribution >= 4 is 33.0 Å². The van der Waals surface area contributed by atoms with Crippen LogP contribution in [-0.2, 0) is 4.74 Å². The summed E-state index contributed by atoms with van der Waals surface area (Å²) in [5.74, 6) is -0.473. The molecule has 0 bridgehead atoms. The first-order valence-electron chi connectivity index (χ1n) is 3.84. The maximum atomic E-state index is 11.1. The van der Waals surface area contributed by atoms with Crippen LogP contribution in [0.5, 0.6) is 0 Å². The van der Waals surface area contributed by atoms with Gasteiger partial charge in [0.2, 0.25) is 5.71 Å². The van der Waals surface area contributed by atoms with Gasteiger partial charge in [0.25, 0.3) is 0 Å². The summed E-state index contributed by atoms with van der Waals surface area (Å²) in [7, 11) is 1.31. The van der Waals surface area contributed by atoms with Gasteiger partial charge >= 0.3 is 5.97 Å². The molecule has 0 aromatic carbocycles. The van der Waals surface area contributed by atoms with Crippen molar-refractivity contribution in [2.24, 2.45) is 0 Å². The summed E-state index contributed by atoms with van der Waals surface area (Å²) in [5, 5.41) is 0.831. The molecule has 0 fully saturated rings. The van der Waals surface area contributed by atoms with E-state index < -0.39 is 5.97 Å². The predicted octanol–water partition coefficient (Wildman–Crippen LogP) is 2.38. The number of hydrogen-bond acceptors (Lipinski definition) is 4. The zero-order valence-corrected chi connectivity index (χ0v) is 8.87. The summed E-state index contributed by atoms with van der Waals surface area (Å²) in [6.45, 7) is 0. The molecule has 0 N–H and O–H groups in total. The van der Waals surface area contributed by atoms with Crippen LogP contribution < -0.4 is 0 Å². The maximum absolute atomic E-state index is 11.1. The van der Waals surface area contributed by atoms with E-state index >= 15 is 0 Å². The molecule has 0 saturated heterocycles. The first-order chi connectivity index (χ1) is 6.72. The number of fused-ring (bicyclic) bond motifs is 1. The van der Waals surface area contributed by atoms with E-state index in [0.29, 0.717) is 5.71 Å². The predicted molar refractivity (Wildman–Crippen MR) is 53.0 cm³/mol. The van der Waals surface area contributed by atoms with E-state index in [0.717, 1.165) is 9.86 Å². The van der Waals surface area contributed by atoms with Gasteiger partial charge in [-0.3, -0.25) is 0 Å². The second kappa shape index (κ2) is 3.42.